The highest BCUT2D eigenvalue weighted by molar-refractivity contribution is 7.92. The summed E-state index contributed by atoms with van der Waals surface area (Å²) in [5.41, 5.74) is 0.769. The van der Waals surface area contributed by atoms with Gasteiger partial charge in [0.25, 0.3) is 0 Å². The van der Waals surface area contributed by atoms with Gasteiger partial charge in [0.1, 0.15) is 0 Å². The van der Waals surface area contributed by atoms with Crippen LogP contribution in [-0.4, -0.2) is 52.7 Å². The van der Waals surface area contributed by atoms with Crippen molar-refractivity contribution in [3.63, 3.8) is 0 Å². The fraction of sp³-hybridized carbons (Fsp3) is 0.571. The van der Waals surface area contributed by atoms with Crippen LogP contribution in [0.25, 0.3) is 0 Å². The fourth-order valence-corrected chi connectivity index (χ4v) is 6.23. The maximum Gasteiger partial charge on any atom is 0.243 e. The second-order valence-electron chi connectivity index (χ2n) is 8.30. The predicted molar refractivity (Wildman–Crippen MR) is 119 cm³/mol. The molecule has 1 atom stereocenters. The molecule has 1 aromatic carbocycles. The lowest BCUT2D eigenvalue weighted by Crippen LogP contribution is -2.37. The highest BCUT2D eigenvalue weighted by atomic mass is 32.2. The molecule has 1 saturated carbocycles. The van der Waals surface area contributed by atoms with E-state index in [1.807, 2.05) is 0 Å². The molecule has 8 nitrogen and oxygen atoms in total. The molecular formula is C21H31N3O5S2. The van der Waals surface area contributed by atoms with Crippen LogP contribution in [-0.2, 0) is 31.3 Å². The molecule has 0 spiro atoms. The van der Waals surface area contributed by atoms with E-state index in [1.165, 1.54) is 22.9 Å². The van der Waals surface area contributed by atoms with Crippen molar-refractivity contribution in [3.8, 4) is 0 Å². The fourth-order valence-electron chi connectivity index (χ4n) is 4.11. The van der Waals surface area contributed by atoms with Crippen LogP contribution in [0.2, 0.25) is 0 Å². The maximum atomic E-state index is 12.9. The predicted octanol–water partition coefficient (Wildman–Crippen LogP) is 1.75. The Balaban J connectivity index is 1.54. The molecule has 2 N–H and O–H groups in total. The number of sulfonamides is 2. The first-order chi connectivity index (χ1) is 14.7. The number of benzene rings is 1. The first kappa shape index (κ1) is 23.9. The van der Waals surface area contributed by atoms with Crippen molar-refractivity contribution in [2.75, 3.05) is 19.6 Å². The molecule has 0 bridgehead atoms. The minimum absolute atomic E-state index is 0.0353. The minimum atomic E-state index is -3.66. The minimum Gasteiger partial charge on any atom is -0.353 e. The second-order valence-corrected chi connectivity index (χ2v) is 12.0. The average molecular weight is 470 g/mol. The number of rotatable bonds is 9. The number of hydrogen-bond donors (Lipinski definition) is 2. The Morgan fingerprint density at radius 2 is 1.74 bits per heavy atom. The molecule has 2 aliphatic rings. The van der Waals surface area contributed by atoms with E-state index in [-0.39, 0.29) is 42.3 Å². The molecule has 0 radical (unpaired) electrons. The Morgan fingerprint density at radius 3 is 2.39 bits per heavy atom. The zero-order chi connectivity index (χ0) is 22.5. The summed E-state index contributed by atoms with van der Waals surface area (Å²) in [6, 6.07) is 6.68. The zero-order valence-electron chi connectivity index (χ0n) is 17.6. The third-order valence-corrected chi connectivity index (χ3v) is 8.82. The van der Waals surface area contributed by atoms with Crippen LogP contribution < -0.4 is 10.0 Å². The number of carbonyl (C=O) groups is 1. The van der Waals surface area contributed by atoms with Gasteiger partial charge in [0.2, 0.25) is 26.0 Å². The summed E-state index contributed by atoms with van der Waals surface area (Å²) < 4.78 is 52.6. The Kier molecular flexibility index (Phi) is 7.90. The van der Waals surface area contributed by atoms with Crippen LogP contribution >= 0.6 is 0 Å². The van der Waals surface area contributed by atoms with Gasteiger partial charge in [-0.2, -0.15) is 4.31 Å². The summed E-state index contributed by atoms with van der Waals surface area (Å²) in [6.45, 7) is 4.02. The molecule has 3 rings (SSSR count). The number of hydrogen-bond acceptors (Lipinski definition) is 5. The molecule has 1 unspecified atom stereocenters. The third-order valence-electron chi connectivity index (χ3n) is 5.94. The first-order valence-corrected chi connectivity index (χ1v) is 13.7. The van der Waals surface area contributed by atoms with Crippen LogP contribution in [0.4, 0.5) is 0 Å². The van der Waals surface area contributed by atoms with Gasteiger partial charge in [0, 0.05) is 31.1 Å². The molecule has 1 amide bonds. The monoisotopic (exact) mass is 469 g/mol. The first-order valence-electron chi connectivity index (χ1n) is 10.7. The molecule has 1 heterocycles. The van der Waals surface area contributed by atoms with Gasteiger partial charge in [0.05, 0.1) is 11.3 Å². The van der Waals surface area contributed by atoms with Gasteiger partial charge in [-0.15, -0.1) is 0 Å². The average Bonchev–Trinajstić information content (AvgIpc) is 3.23. The van der Waals surface area contributed by atoms with Crippen LogP contribution in [0, 0.1) is 5.92 Å². The molecule has 10 heteroatoms. The SMILES string of the molecule is C=CS(=O)(=O)NCC1CCN(S(=O)(=O)c2ccc(CC(=O)NC3CCCCC3)cc2)C1. The molecular weight excluding hydrogens is 438 g/mol. The summed E-state index contributed by atoms with van der Waals surface area (Å²) in [5, 5.41) is 3.91. The number of nitrogens with one attached hydrogen (secondary N) is 2. The number of nitrogens with zero attached hydrogens (tertiary/aromatic N) is 1. The van der Waals surface area contributed by atoms with Crippen LogP contribution in [0.15, 0.2) is 41.1 Å². The molecule has 0 aromatic heterocycles. The van der Waals surface area contributed by atoms with E-state index in [4.69, 9.17) is 0 Å². The van der Waals surface area contributed by atoms with E-state index in [2.05, 4.69) is 16.6 Å². The summed E-state index contributed by atoms with van der Waals surface area (Å²) >= 11 is 0. The van der Waals surface area contributed by atoms with Gasteiger partial charge in [-0.05, 0) is 42.9 Å². The topological polar surface area (TPSA) is 113 Å². The van der Waals surface area contributed by atoms with Gasteiger partial charge in [-0.1, -0.05) is 38.0 Å². The zero-order valence-corrected chi connectivity index (χ0v) is 19.3. The van der Waals surface area contributed by atoms with Crippen molar-refractivity contribution < 1.29 is 21.6 Å². The van der Waals surface area contributed by atoms with E-state index in [9.17, 15) is 21.6 Å². The van der Waals surface area contributed by atoms with Gasteiger partial charge in [-0.25, -0.2) is 21.6 Å². The van der Waals surface area contributed by atoms with Gasteiger partial charge in [0.15, 0.2) is 0 Å². The van der Waals surface area contributed by atoms with E-state index in [0.717, 1.165) is 36.7 Å². The molecule has 31 heavy (non-hydrogen) atoms. The van der Waals surface area contributed by atoms with Gasteiger partial charge in [-0.3, -0.25) is 4.79 Å². The molecule has 2 fully saturated rings. The van der Waals surface area contributed by atoms with Crippen LogP contribution in [0.1, 0.15) is 44.1 Å². The normalized spacial score (nSPS) is 21.1. The summed E-state index contributed by atoms with van der Waals surface area (Å²) in [5.74, 6) is -0.126. The number of amides is 1. The molecule has 1 aromatic rings. The molecule has 1 aliphatic heterocycles. The largest absolute Gasteiger partial charge is 0.353 e. The molecule has 1 aliphatic carbocycles. The quantitative estimate of drug-likeness (QED) is 0.572. The summed E-state index contributed by atoms with van der Waals surface area (Å²) in [7, 11) is -7.19. The van der Waals surface area contributed by atoms with E-state index < -0.39 is 20.0 Å². The Morgan fingerprint density at radius 1 is 1.06 bits per heavy atom. The highest BCUT2D eigenvalue weighted by Crippen LogP contribution is 2.24. The smallest absolute Gasteiger partial charge is 0.243 e. The Hall–Kier alpha value is -1.75. The highest BCUT2D eigenvalue weighted by Gasteiger charge is 2.32. The Labute approximate surface area is 185 Å². The van der Waals surface area contributed by atoms with E-state index >= 15 is 0 Å². The van der Waals surface area contributed by atoms with Crippen molar-refractivity contribution in [1.29, 1.82) is 0 Å². The lowest BCUT2D eigenvalue weighted by Gasteiger charge is -2.22. The molecule has 172 valence electrons. The maximum absolute atomic E-state index is 12.9. The van der Waals surface area contributed by atoms with Crippen molar-refractivity contribution in [2.24, 2.45) is 5.92 Å². The van der Waals surface area contributed by atoms with Gasteiger partial charge < -0.3 is 5.32 Å². The standard InChI is InChI=1S/C21H31N3O5S2/c1-2-30(26,27)22-15-18-12-13-24(16-18)31(28,29)20-10-8-17(9-11-20)14-21(25)23-19-6-4-3-5-7-19/h2,8-11,18-19,22H,1,3-7,12-16H2,(H,23,25). The molecule has 1 saturated heterocycles. The van der Waals surface area contributed by atoms with Crippen LogP contribution in [0.3, 0.4) is 0 Å². The van der Waals surface area contributed by atoms with Crippen molar-refractivity contribution in [2.45, 2.75) is 55.9 Å². The second kappa shape index (κ2) is 10.2. The van der Waals surface area contributed by atoms with E-state index in [0.29, 0.717) is 13.0 Å². The summed E-state index contributed by atoms with van der Waals surface area (Å²) in [4.78, 5) is 12.4. The summed E-state index contributed by atoms with van der Waals surface area (Å²) in [6.07, 6.45) is 6.38. The van der Waals surface area contributed by atoms with Crippen molar-refractivity contribution in [3.05, 3.63) is 41.8 Å². The van der Waals surface area contributed by atoms with Crippen molar-refractivity contribution in [1.82, 2.24) is 14.3 Å². The van der Waals surface area contributed by atoms with Gasteiger partial charge >= 0.3 is 0 Å². The third kappa shape index (κ3) is 6.61. The van der Waals surface area contributed by atoms with Crippen LogP contribution in [0.5, 0.6) is 0 Å². The van der Waals surface area contributed by atoms with E-state index in [1.54, 1.807) is 12.1 Å². The van der Waals surface area contributed by atoms with Crippen molar-refractivity contribution >= 4 is 26.0 Å². The lowest BCUT2D eigenvalue weighted by molar-refractivity contribution is -0.121. The number of carbonyl (C=O) groups excluding carboxylic acids is 1. The lowest BCUT2D eigenvalue weighted by atomic mass is 9.95. The Bertz CT molecular complexity index is 984.